The number of hydrogen-bond acceptors (Lipinski definition) is 6. The van der Waals surface area contributed by atoms with Crippen LogP contribution in [0.1, 0.15) is 24.0 Å². The minimum atomic E-state index is -0.425. The van der Waals surface area contributed by atoms with E-state index in [1.165, 1.54) is 16.0 Å². The number of carbonyl (C=O) groups is 2. The zero-order valence-electron chi connectivity index (χ0n) is 17.6. The summed E-state index contributed by atoms with van der Waals surface area (Å²) in [5.74, 6) is 1.62. The van der Waals surface area contributed by atoms with Crippen LogP contribution >= 0.6 is 11.6 Å². The van der Waals surface area contributed by atoms with Gasteiger partial charge in [-0.1, -0.05) is 23.7 Å². The normalized spacial score (nSPS) is 21.6. The molecule has 8 nitrogen and oxygen atoms in total. The molecule has 2 atom stereocenters. The number of hydrogen-bond donors (Lipinski definition) is 2. The monoisotopic (exact) mass is 456 g/mol. The fourth-order valence-electron chi connectivity index (χ4n) is 4.56. The van der Waals surface area contributed by atoms with Gasteiger partial charge in [-0.15, -0.1) is 0 Å². The smallest absolute Gasteiger partial charge is 0.415 e. The zero-order chi connectivity index (χ0) is 22.1. The molecule has 5 rings (SSSR count). The molecule has 0 saturated carbocycles. The number of nitrogens with zero attached hydrogens (tertiary/aromatic N) is 2. The van der Waals surface area contributed by atoms with Gasteiger partial charge in [-0.05, 0) is 74.0 Å². The molecular weight excluding hydrogens is 432 g/mol. The van der Waals surface area contributed by atoms with Crippen molar-refractivity contribution in [2.45, 2.75) is 31.8 Å². The summed E-state index contributed by atoms with van der Waals surface area (Å²) in [5, 5.41) is 7.02. The molecule has 168 valence electrons. The minimum absolute atomic E-state index is 0.0315. The predicted octanol–water partition coefficient (Wildman–Crippen LogP) is 3.18. The first-order chi connectivity index (χ1) is 15.6. The van der Waals surface area contributed by atoms with E-state index in [0.29, 0.717) is 29.8 Å². The van der Waals surface area contributed by atoms with Gasteiger partial charge in [-0.3, -0.25) is 9.69 Å². The zero-order valence-corrected chi connectivity index (χ0v) is 18.4. The maximum absolute atomic E-state index is 12.3. The molecule has 1 fully saturated rings. The van der Waals surface area contributed by atoms with Crippen LogP contribution in [0, 0.1) is 5.92 Å². The average molecular weight is 457 g/mol. The lowest BCUT2D eigenvalue weighted by Crippen LogP contribution is -2.29. The number of anilines is 2. The van der Waals surface area contributed by atoms with Crippen LogP contribution in [-0.2, 0) is 22.4 Å². The van der Waals surface area contributed by atoms with E-state index in [1.54, 1.807) is 12.1 Å². The van der Waals surface area contributed by atoms with Gasteiger partial charge in [0.2, 0.25) is 0 Å². The fourth-order valence-corrected chi connectivity index (χ4v) is 4.83. The van der Waals surface area contributed by atoms with Crippen LogP contribution in [0.25, 0.3) is 0 Å². The van der Waals surface area contributed by atoms with Gasteiger partial charge in [-0.2, -0.15) is 0 Å². The number of benzene rings is 1. The van der Waals surface area contributed by atoms with Crippen molar-refractivity contribution in [1.29, 1.82) is 0 Å². The highest BCUT2D eigenvalue weighted by Crippen LogP contribution is 2.33. The van der Waals surface area contributed by atoms with Crippen LogP contribution in [0.5, 0.6) is 5.75 Å². The summed E-state index contributed by atoms with van der Waals surface area (Å²) in [6, 6.07) is 9.57. The van der Waals surface area contributed by atoms with Crippen molar-refractivity contribution >= 4 is 35.2 Å². The van der Waals surface area contributed by atoms with Gasteiger partial charge in [0.1, 0.15) is 11.9 Å². The highest BCUT2D eigenvalue weighted by molar-refractivity contribution is 6.31. The van der Waals surface area contributed by atoms with Gasteiger partial charge < -0.3 is 20.1 Å². The standard InChI is InChI=1S/C23H25ClN4O4/c24-18-3-1-2-15-10-14(11-17(15)18)6-8-25-9-7-16-12-28(23(30)32-16)20-5-4-19-22(26-20)27-21(29)13-31-19/h1-5,14,16,25H,6-13H2,(H,26,27,29). The molecule has 2 amide bonds. The largest absolute Gasteiger partial charge is 0.480 e. The second-order valence-corrected chi connectivity index (χ2v) is 8.86. The van der Waals surface area contributed by atoms with Crippen molar-refractivity contribution in [2.75, 3.05) is 36.5 Å². The third-order valence-corrected chi connectivity index (χ3v) is 6.55. The number of ether oxygens (including phenoxy) is 2. The van der Waals surface area contributed by atoms with Crippen LogP contribution < -0.4 is 20.3 Å². The highest BCUT2D eigenvalue weighted by Gasteiger charge is 2.33. The molecule has 2 N–H and O–H groups in total. The number of nitrogens with one attached hydrogen (secondary N) is 2. The lowest BCUT2D eigenvalue weighted by atomic mass is 10.0. The van der Waals surface area contributed by atoms with Crippen molar-refractivity contribution in [3.05, 3.63) is 46.5 Å². The van der Waals surface area contributed by atoms with E-state index in [-0.39, 0.29) is 18.6 Å². The Hall–Kier alpha value is -2.84. The number of cyclic esters (lactones) is 1. The molecule has 2 aromatic rings. The lowest BCUT2D eigenvalue weighted by Gasteiger charge is -2.19. The first-order valence-corrected chi connectivity index (χ1v) is 11.3. The van der Waals surface area contributed by atoms with Crippen LogP contribution in [-0.4, -0.2) is 49.3 Å². The Bertz CT molecular complexity index is 1050. The Labute approximate surface area is 191 Å². The predicted molar refractivity (Wildman–Crippen MR) is 120 cm³/mol. The van der Waals surface area contributed by atoms with Gasteiger partial charge in [-0.25, -0.2) is 9.78 Å². The second-order valence-electron chi connectivity index (χ2n) is 8.45. The Morgan fingerprint density at radius 1 is 1.16 bits per heavy atom. The summed E-state index contributed by atoms with van der Waals surface area (Å²) in [6.07, 6.45) is 3.33. The molecule has 1 aliphatic carbocycles. The number of aromatic nitrogens is 1. The van der Waals surface area contributed by atoms with E-state index in [9.17, 15) is 9.59 Å². The van der Waals surface area contributed by atoms with Crippen molar-refractivity contribution in [2.24, 2.45) is 5.92 Å². The average Bonchev–Trinajstić information content (AvgIpc) is 3.37. The topological polar surface area (TPSA) is 92.8 Å². The number of pyridine rings is 1. The van der Waals surface area contributed by atoms with E-state index >= 15 is 0 Å². The molecule has 0 radical (unpaired) electrons. The van der Waals surface area contributed by atoms with E-state index in [0.717, 1.165) is 43.8 Å². The Morgan fingerprint density at radius 3 is 2.91 bits per heavy atom. The van der Waals surface area contributed by atoms with Gasteiger partial charge in [0.25, 0.3) is 5.91 Å². The Kier molecular flexibility index (Phi) is 5.89. The molecule has 1 aromatic carbocycles. The highest BCUT2D eigenvalue weighted by atomic mass is 35.5. The molecule has 0 spiro atoms. The van der Waals surface area contributed by atoms with E-state index in [4.69, 9.17) is 21.1 Å². The van der Waals surface area contributed by atoms with Crippen LogP contribution in [0.2, 0.25) is 5.02 Å². The first-order valence-electron chi connectivity index (χ1n) is 11.0. The molecule has 2 unspecified atom stereocenters. The molecule has 1 aromatic heterocycles. The van der Waals surface area contributed by atoms with Crippen LogP contribution in [0.15, 0.2) is 30.3 Å². The van der Waals surface area contributed by atoms with E-state index in [2.05, 4.69) is 21.7 Å². The maximum atomic E-state index is 12.3. The number of rotatable bonds is 7. The summed E-state index contributed by atoms with van der Waals surface area (Å²) in [4.78, 5) is 29.7. The SMILES string of the molecule is O=C1COc2ccc(N3CC(CCNCCC4Cc5cccc(Cl)c5C4)OC3=O)nc2N1. The summed E-state index contributed by atoms with van der Waals surface area (Å²) < 4.78 is 10.8. The Morgan fingerprint density at radius 2 is 2.03 bits per heavy atom. The van der Waals surface area contributed by atoms with Crippen molar-refractivity contribution in [1.82, 2.24) is 10.3 Å². The molecule has 0 bridgehead atoms. The third-order valence-electron chi connectivity index (χ3n) is 6.20. The van der Waals surface area contributed by atoms with Crippen molar-refractivity contribution in [3.63, 3.8) is 0 Å². The first kappa shape index (κ1) is 21.0. The molecular formula is C23H25ClN4O4. The summed E-state index contributed by atoms with van der Waals surface area (Å²) >= 11 is 6.31. The number of halogens is 1. The maximum Gasteiger partial charge on any atom is 0.415 e. The van der Waals surface area contributed by atoms with Gasteiger partial charge >= 0.3 is 6.09 Å². The Balaban J connectivity index is 1.06. The second kappa shape index (κ2) is 8.96. The summed E-state index contributed by atoms with van der Waals surface area (Å²) in [6.45, 7) is 2.09. The molecule has 2 aliphatic heterocycles. The minimum Gasteiger partial charge on any atom is -0.480 e. The van der Waals surface area contributed by atoms with Gasteiger partial charge in [0.15, 0.2) is 18.2 Å². The molecule has 9 heteroatoms. The molecule has 3 aliphatic rings. The number of fused-ring (bicyclic) bond motifs is 2. The van der Waals surface area contributed by atoms with Gasteiger partial charge in [0.05, 0.1) is 6.54 Å². The molecule has 1 saturated heterocycles. The van der Waals surface area contributed by atoms with Crippen molar-refractivity contribution in [3.8, 4) is 5.75 Å². The lowest BCUT2D eigenvalue weighted by molar-refractivity contribution is -0.118. The van der Waals surface area contributed by atoms with Crippen LogP contribution in [0.4, 0.5) is 16.4 Å². The summed E-state index contributed by atoms with van der Waals surface area (Å²) in [5.41, 5.74) is 2.68. The third kappa shape index (κ3) is 4.38. The quantitative estimate of drug-likeness (QED) is 0.622. The fraction of sp³-hybridized carbons (Fsp3) is 0.435. The van der Waals surface area contributed by atoms with E-state index < -0.39 is 6.09 Å². The van der Waals surface area contributed by atoms with Crippen LogP contribution in [0.3, 0.4) is 0 Å². The number of carbonyl (C=O) groups excluding carboxylic acids is 2. The van der Waals surface area contributed by atoms with Crippen molar-refractivity contribution < 1.29 is 19.1 Å². The summed E-state index contributed by atoms with van der Waals surface area (Å²) in [7, 11) is 0. The molecule has 32 heavy (non-hydrogen) atoms. The van der Waals surface area contributed by atoms with E-state index in [1.807, 2.05) is 12.1 Å². The molecule has 3 heterocycles. The van der Waals surface area contributed by atoms with Gasteiger partial charge in [0, 0.05) is 5.02 Å². The number of amides is 2.